The van der Waals surface area contributed by atoms with Crippen molar-refractivity contribution in [2.45, 2.75) is 13.0 Å². The molecule has 1 atom stereocenters. The molecule has 0 aliphatic carbocycles. The number of carbonyl (C=O) groups is 1. The van der Waals surface area contributed by atoms with Crippen LogP contribution in [0.3, 0.4) is 0 Å². The average molecular weight is 430 g/mol. The predicted octanol–water partition coefficient (Wildman–Crippen LogP) is 4.77. The number of hydrogen-bond donors (Lipinski definition) is 1. The fourth-order valence-electron chi connectivity index (χ4n) is 3.24. The number of anilines is 1. The summed E-state index contributed by atoms with van der Waals surface area (Å²) in [7, 11) is 0. The molecule has 160 valence electrons. The van der Waals surface area contributed by atoms with E-state index in [1.807, 2.05) is 18.2 Å². The van der Waals surface area contributed by atoms with Crippen LogP contribution < -0.4 is 15.7 Å². The summed E-state index contributed by atoms with van der Waals surface area (Å²) in [6.45, 7) is 1.62. The van der Waals surface area contributed by atoms with Crippen LogP contribution in [0.4, 0.5) is 11.4 Å². The van der Waals surface area contributed by atoms with E-state index in [4.69, 9.17) is 9.15 Å². The Kier molecular flexibility index (Phi) is 5.67. The molecule has 1 aromatic heterocycles. The molecule has 1 N–H and O–H groups in total. The molecule has 0 spiro atoms. The summed E-state index contributed by atoms with van der Waals surface area (Å²) in [5.74, 6) is 0.0367. The number of fused-ring (bicyclic) bond motifs is 1. The minimum absolute atomic E-state index is 0.0422. The lowest BCUT2D eigenvalue weighted by Crippen LogP contribution is -2.30. The molecule has 3 aromatic carbocycles. The second kappa shape index (κ2) is 8.73. The van der Waals surface area contributed by atoms with Crippen LogP contribution in [-0.2, 0) is 4.79 Å². The number of nitrogens with one attached hydrogen (secondary N) is 1. The van der Waals surface area contributed by atoms with Gasteiger partial charge in [0.05, 0.1) is 4.92 Å². The van der Waals surface area contributed by atoms with Crippen molar-refractivity contribution >= 4 is 28.3 Å². The zero-order chi connectivity index (χ0) is 22.7. The Morgan fingerprint density at radius 3 is 2.44 bits per heavy atom. The van der Waals surface area contributed by atoms with E-state index in [-0.39, 0.29) is 17.2 Å². The Morgan fingerprint density at radius 1 is 1.03 bits per heavy atom. The van der Waals surface area contributed by atoms with Gasteiger partial charge in [-0.3, -0.25) is 14.9 Å². The van der Waals surface area contributed by atoms with Gasteiger partial charge in [-0.15, -0.1) is 0 Å². The van der Waals surface area contributed by atoms with Gasteiger partial charge in [0.25, 0.3) is 11.6 Å². The van der Waals surface area contributed by atoms with Crippen LogP contribution in [0, 0.1) is 10.1 Å². The summed E-state index contributed by atoms with van der Waals surface area (Å²) in [5, 5.41) is 14.3. The Hall–Kier alpha value is -4.46. The number of hydrogen-bond acceptors (Lipinski definition) is 6. The van der Waals surface area contributed by atoms with Crippen molar-refractivity contribution < 1.29 is 18.9 Å². The molecule has 0 saturated heterocycles. The summed E-state index contributed by atoms with van der Waals surface area (Å²) in [6.07, 6.45) is -0.794. The van der Waals surface area contributed by atoms with Crippen LogP contribution in [0.1, 0.15) is 6.92 Å². The summed E-state index contributed by atoms with van der Waals surface area (Å²) in [6, 6.07) is 21.2. The predicted molar refractivity (Wildman–Crippen MR) is 120 cm³/mol. The van der Waals surface area contributed by atoms with Crippen molar-refractivity contribution in [3.8, 4) is 16.9 Å². The second-order valence-corrected chi connectivity index (χ2v) is 7.06. The zero-order valence-electron chi connectivity index (χ0n) is 17.0. The van der Waals surface area contributed by atoms with Gasteiger partial charge in [-0.25, -0.2) is 4.79 Å². The number of ether oxygens (including phenoxy) is 1. The highest BCUT2D eigenvalue weighted by atomic mass is 16.6. The Bertz CT molecular complexity index is 1350. The topological polar surface area (TPSA) is 112 Å². The van der Waals surface area contributed by atoms with E-state index in [9.17, 15) is 19.7 Å². The van der Waals surface area contributed by atoms with E-state index < -0.39 is 16.7 Å². The number of para-hydroxylation sites is 1. The molecule has 1 amide bonds. The quantitative estimate of drug-likeness (QED) is 0.268. The Balaban J connectivity index is 1.60. The first-order valence-corrected chi connectivity index (χ1v) is 9.76. The molecule has 0 fully saturated rings. The van der Waals surface area contributed by atoms with Crippen LogP contribution in [0.15, 0.2) is 88.1 Å². The lowest BCUT2D eigenvalue weighted by Gasteiger charge is -2.15. The van der Waals surface area contributed by atoms with Gasteiger partial charge in [0.1, 0.15) is 11.3 Å². The third kappa shape index (κ3) is 4.49. The molecule has 4 aromatic rings. The van der Waals surface area contributed by atoms with Crippen LogP contribution in [0.5, 0.6) is 5.75 Å². The first-order chi connectivity index (χ1) is 15.4. The summed E-state index contributed by atoms with van der Waals surface area (Å²) in [4.78, 5) is 34.9. The first kappa shape index (κ1) is 20.8. The summed E-state index contributed by atoms with van der Waals surface area (Å²) in [5.41, 5.74) is 1.53. The lowest BCUT2D eigenvalue weighted by molar-refractivity contribution is -0.384. The number of rotatable bonds is 6. The fourth-order valence-corrected chi connectivity index (χ4v) is 3.24. The van der Waals surface area contributed by atoms with Gasteiger partial charge in [0.15, 0.2) is 6.10 Å². The van der Waals surface area contributed by atoms with Crippen LogP contribution in [0.25, 0.3) is 22.1 Å². The molecule has 4 rings (SSSR count). The number of nitrogens with zero attached hydrogens (tertiary/aromatic N) is 1. The SMILES string of the molecule is CC(Oc1ccc2c(-c3ccc([N+](=O)[O-])cc3)cc(=O)oc2c1)C(=O)Nc1ccccc1. The lowest BCUT2D eigenvalue weighted by atomic mass is 10.0. The largest absolute Gasteiger partial charge is 0.481 e. The number of carbonyl (C=O) groups excluding carboxylic acids is 1. The zero-order valence-corrected chi connectivity index (χ0v) is 17.0. The van der Waals surface area contributed by atoms with E-state index in [2.05, 4.69) is 5.32 Å². The molecule has 0 saturated carbocycles. The third-order valence-corrected chi connectivity index (χ3v) is 4.83. The maximum atomic E-state index is 12.4. The number of nitro benzene ring substituents is 1. The molecule has 0 aliphatic rings. The smallest absolute Gasteiger partial charge is 0.336 e. The number of non-ortho nitro benzene ring substituents is 1. The molecule has 8 heteroatoms. The maximum absolute atomic E-state index is 12.4. The molecule has 32 heavy (non-hydrogen) atoms. The van der Waals surface area contributed by atoms with E-state index >= 15 is 0 Å². The van der Waals surface area contributed by atoms with Gasteiger partial charge in [0, 0.05) is 35.3 Å². The Labute approximate surface area is 182 Å². The standard InChI is InChI=1S/C24H18N2O6/c1-15(24(28)25-17-5-3-2-4-6-17)31-19-11-12-20-21(14-23(27)32-22(20)13-19)16-7-9-18(10-8-16)26(29)30/h2-15H,1H3,(H,25,28). The minimum atomic E-state index is -0.794. The molecule has 8 nitrogen and oxygen atoms in total. The van der Waals surface area contributed by atoms with Gasteiger partial charge < -0.3 is 14.5 Å². The van der Waals surface area contributed by atoms with Gasteiger partial charge in [0.2, 0.25) is 0 Å². The summed E-state index contributed by atoms with van der Waals surface area (Å²) >= 11 is 0. The maximum Gasteiger partial charge on any atom is 0.336 e. The van der Waals surface area contributed by atoms with Gasteiger partial charge >= 0.3 is 5.63 Å². The van der Waals surface area contributed by atoms with Crippen LogP contribution in [0.2, 0.25) is 0 Å². The van der Waals surface area contributed by atoms with Crippen molar-refractivity contribution in [1.82, 2.24) is 0 Å². The highest BCUT2D eigenvalue weighted by molar-refractivity contribution is 5.95. The summed E-state index contributed by atoms with van der Waals surface area (Å²) < 4.78 is 11.1. The van der Waals surface area contributed by atoms with E-state index in [0.29, 0.717) is 28.0 Å². The normalized spacial score (nSPS) is 11.7. The number of amides is 1. The Morgan fingerprint density at radius 2 is 1.75 bits per heavy atom. The number of benzene rings is 3. The third-order valence-electron chi connectivity index (χ3n) is 4.83. The van der Waals surface area contributed by atoms with Crippen LogP contribution in [-0.4, -0.2) is 16.9 Å². The van der Waals surface area contributed by atoms with Crippen molar-refractivity contribution in [2.75, 3.05) is 5.32 Å². The van der Waals surface area contributed by atoms with Crippen molar-refractivity contribution in [3.63, 3.8) is 0 Å². The van der Waals surface area contributed by atoms with Crippen LogP contribution >= 0.6 is 0 Å². The molecule has 0 radical (unpaired) electrons. The highest BCUT2D eigenvalue weighted by Gasteiger charge is 2.16. The molecular weight excluding hydrogens is 412 g/mol. The highest BCUT2D eigenvalue weighted by Crippen LogP contribution is 2.31. The molecule has 1 unspecified atom stereocenters. The second-order valence-electron chi connectivity index (χ2n) is 7.06. The molecule has 0 bridgehead atoms. The first-order valence-electron chi connectivity index (χ1n) is 9.76. The van der Waals surface area contributed by atoms with Gasteiger partial charge in [-0.1, -0.05) is 18.2 Å². The van der Waals surface area contributed by atoms with E-state index in [1.165, 1.54) is 24.3 Å². The monoisotopic (exact) mass is 430 g/mol. The van der Waals surface area contributed by atoms with Crippen molar-refractivity contribution in [3.05, 3.63) is 99.4 Å². The average Bonchev–Trinajstić information content (AvgIpc) is 2.79. The number of nitro groups is 1. The molecular formula is C24H18N2O6. The molecule has 0 aliphatic heterocycles. The molecule has 1 heterocycles. The van der Waals surface area contributed by atoms with Crippen molar-refractivity contribution in [1.29, 1.82) is 0 Å². The van der Waals surface area contributed by atoms with E-state index in [0.717, 1.165) is 0 Å². The minimum Gasteiger partial charge on any atom is -0.481 e. The fraction of sp³-hybridized carbons (Fsp3) is 0.0833. The van der Waals surface area contributed by atoms with Crippen molar-refractivity contribution in [2.24, 2.45) is 0 Å². The van der Waals surface area contributed by atoms with E-state index in [1.54, 1.807) is 43.3 Å². The van der Waals surface area contributed by atoms with Gasteiger partial charge in [-0.05, 0) is 54.4 Å². The van der Waals surface area contributed by atoms with Gasteiger partial charge in [-0.2, -0.15) is 0 Å².